The molecule has 0 spiro atoms. The quantitative estimate of drug-likeness (QED) is 0.621. The van der Waals surface area contributed by atoms with Crippen LogP contribution in [0, 0.1) is 0 Å². The first-order valence-electron chi connectivity index (χ1n) is 7.96. The second-order valence-electron chi connectivity index (χ2n) is 6.85. The fourth-order valence-electron chi connectivity index (χ4n) is 2.76. The Kier molecular flexibility index (Phi) is 5.29. The minimum atomic E-state index is -0.803. The standard InChI is InChI=1S/C18H25NO4/c1-18(2,3)14-7-5-6-8-15(14)23-13-9-11-19(12-10-13)16(20)17(21)22-4/h5-8,13H,9-12H2,1-4H3. The lowest BCUT2D eigenvalue weighted by molar-refractivity contribution is -0.159. The highest BCUT2D eigenvalue weighted by Gasteiger charge is 2.29. The zero-order valence-electron chi connectivity index (χ0n) is 14.3. The molecule has 0 aromatic heterocycles. The Hall–Kier alpha value is -2.04. The van der Waals surface area contributed by atoms with Crippen molar-refractivity contribution in [2.45, 2.75) is 45.1 Å². The highest BCUT2D eigenvalue weighted by atomic mass is 16.5. The van der Waals surface area contributed by atoms with Crippen LogP contribution in [0.1, 0.15) is 39.2 Å². The minimum Gasteiger partial charge on any atom is -0.490 e. The van der Waals surface area contributed by atoms with Crippen molar-refractivity contribution in [1.29, 1.82) is 0 Å². The number of hydrogen-bond donors (Lipinski definition) is 0. The number of likely N-dealkylation sites (tertiary alicyclic amines) is 1. The fourth-order valence-corrected chi connectivity index (χ4v) is 2.76. The molecular weight excluding hydrogens is 294 g/mol. The van der Waals surface area contributed by atoms with Gasteiger partial charge >= 0.3 is 11.9 Å². The summed E-state index contributed by atoms with van der Waals surface area (Å²) < 4.78 is 10.7. The molecule has 1 heterocycles. The van der Waals surface area contributed by atoms with Crippen molar-refractivity contribution < 1.29 is 19.1 Å². The number of para-hydroxylation sites is 1. The summed E-state index contributed by atoms with van der Waals surface area (Å²) in [6.45, 7) is 7.50. The van der Waals surface area contributed by atoms with E-state index in [4.69, 9.17) is 4.74 Å². The molecule has 1 saturated heterocycles. The number of esters is 1. The van der Waals surface area contributed by atoms with Crippen LogP contribution in [0.5, 0.6) is 5.75 Å². The van der Waals surface area contributed by atoms with Crippen LogP contribution in [-0.4, -0.2) is 43.1 Å². The molecule has 0 aliphatic carbocycles. The van der Waals surface area contributed by atoms with Gasteiger partial charge in [-0.3, -0.25) is 4.79 Å². The number of methoxy groups -OCH3 is 1. The third-order valence-corrected chi connectivity index (χ3v) is 4.08. The van der Waals surface area contributed by atoms with Crippen molar-refractivity contribution in [3.8, 4) is 5.75 Å². The van der Waals surface area contributed by atoms with Gasteiger partial charge in [0.1, 0.15) is 11.9 Å². The molecule has 1 aromatic rings. The number of piperidine rings is 1. The van der Waals surface area contributed by atoms with Crippen molar-refractivity contribution in [1.82, 2.24) is 4.90 Å². The van der Waals surface area contributed by atoms with Gasteiger partial charge in [0.15, 0.2) is 0 Å². The van der Waals surface area contributed by atoms with E-state index in [1.54, 1.807) is 0 Å². The van der Waals surface area contributed by atoms with Gasteiger partial charge in [0.05, 0.1) is 7.11 Å². The molecule has 23 heavy (non-hydrogen) atoms. The topological polar surface area (TPSA) is 55.8 Å². The van der Waals surface area contributed by atoms with Crippen molar-refractivity contribution in [3.05, 3.63) is 29.8 Å². The zero-order chi connectivity index (χ0) is 17.0. The van der Waals surface area contributed by atoms with E-state index < -0.39 is 11.9 Å². The summed E-state index contributed by atoms with van der Waals surface area (Å²) in [6, 6.07) is 8.07. The normalized spacial score (nSPS) is 16.1. The van der Waals surface area contributed by atoms with Crippen LogP contribution in [-0.2, 0) is 19.7 Å². The lowest BCUT2D eigenvalue weighted by Gasteiger charge is -2.32. The molecular formula is C18H25NO4. The van der Waals surface area contributed by atoms with Gasteiger partial charge in [-0.2, -0.15) is 0 Å². The van der Waals surface area contributed by atoms with Gasteiger partial charge in [0, 0.05) is 25.9 Å². The molecule has 0 radical (unpaired) electrons. The van der Waals surface area contributed by atoms with Gasteiger partial charge < -0.3 is 14.4 Å². The number of ether oxygens (including phenoxy) is 2. The molecule has 1 amide bonds. The molecule has 5 nitrogen and oxygen atoms in total. The molecule has 1 aliphatic rings. The Bertz CT molecular complexity index is 569. The van der Waals surface area contributed by atoms with Gasteiger partial charge in [0.2, 0.25) is 0 Å². The van der Waals surface area contributed by atoms with E-state index in [0.29, 0.717) is 25.9 Å². The molecule has 1 aromatic carbocycles. The van der Waals surface area contributed by atoms with Crippen LogP contribution in [0.25, 0.3) is 0 Å². The first-order chi connectivity index (χ1) is 10.8. The third kappa shape index (κ3) is 4.24. The van der Waals surface area contributed by atoms with E-state index >= 15 is 0 Å². The van der Waals surface area contributed by atoms with Crippen LogP contribution < -0.4 is 4.74 Å². The summed E-state index contributed by atoms with van der Waals surface area (Å²) in [5, 5.41) is 0. The van der Waals surface area contributed by atoms with Crippen LogP contribution in [0.3, 0.4) is 0 Å². The molecule has 2 rings (SSSR count). The monoisotopic (exact) mass is 319 g/mol. The molecule has 0 N–H and O–H groups in total. The maximum atomic E-state index is 11.8. The van der Waals surface area contributed by atoms with Crippen molar-refractivity contribution in [2.75, 3.05) is 20.2 Å². The Balaban J connectivity index is 1.98. The molecule has 126 valence electrons. The average molecular weight is 319 g/mol. The van der Waals surface area contributed by atoms with Crippen molar-refractivity contribution in [3.63, 3.8) is 0 Å². The SMILES string of the molecule is COC(=O)C(=O)N1CCC(Oc2ccccc2C(C)(C)C)CC1. The summed E-state index contributed by atoms with van der Waals surface area (Å²) >= 11 is 0. The molecule has 0 unspecified atom stereocenters. The number of amides is 1. The third-order valence-electron chi connectivity index (χ3n) is 4.08. The lowest BCUT2D eigenvalue weighted by atomic mass is 9.86. The van der Waals surface area contributed by atoms with E-state index in [-0.39, 0.29) is 11.5 Å². The summed E-state index contributed by atoms with van der Waals surface area (Å²) in [6.07, 6.45) is 1.47. The van der Waals surface area contributed by atoms with Gasteiger partial charge in [0.25, 0.3) is 0 Å². The van der Waals surface area contributed by atoms with E-state index in [9.17, 15) is 9.59 Å². The predicted octanol–water partition coefficient (Wildman–Crippen LogP) is 2.53. The minimum absolute atomic E-state index is 0.0120. The van der Waals surface area contributed by atoms with Crippen LogP contribution in [0.4, 0.5) is 0 Å². The number of hydrogen-bond acceptors (Lipinski definition) is 4. The Morgan fingerprint density at radius 1 is 1.13 bits per heavy atom. The Morgan fingerprint density at radius 3 is 2.30 bits per heavy atom. The van der Waals surface area contributed by atoms with E-state index in [1.807, 2.05) is 18.2 Å². The molecule has 0 bridgehead atoms. The fraction of sp³-hybridized carbons (Fsp3) is 0.556. The summed E-state index contributed by atoms with van der Waals surface area (Å²) in [5.74, 6) is -0.471. The van der Waals surface area contributed by atoms with Crippen molar-refractivity contribution in [2.24, 2.45) is 0 Å². The second kappa shape index (κ2) is 7.02. The first-order valence-corrected chi connectivity index (χ1v) is 7.96. The predicted molar refractivity (Wildman–Crippen MR) is 87.4 cm³/mol. The summed E-state index contributed by atoms with van der Waals surface area (Å²) in [4.78, 5) is 24.6. The average Bonchev–Trinajstić information content (AvgIpc) is 2.53. The summed E-state index contributed by atoms with van der Waals surface area (Å²) in [5.41, 5.74) is 1.19. The van der Waals surface area contributed by atoms with E-state index in [0.717, 1.165) is 5.75 Å². The van der Waals surface area contributed by atoms with Gasteiger partial charge in [-0.05, 0) is 17.0 Å². The first kappa shape index (κ1) is 17.3. The molecule has 0 saturated carbocycles. The number of nitrogens with zero attached hydrogens (tertiary/aromatic N) is 1. The molecule has 1 fully saturated rings. The highest BCUT2D eigenvalue weighted by molar-refractivity contribution is 6.32. The van der Waals surface area contributed by atoms with Gasteiger partial charge in [-0.15, -0.1) is 0 Å². The Labute approximate surface area is 137 Å². The van der Waals surface area contributed by atoms with Crippen LogP contribution >= 0.6 is 0 Å². The van der Waals surface area contributed by atoms with Crippen LogP contribution in [0.2, 0.25) is 0 Å². The van der Waals surface area contributed by atoms with Gasteiger partial charge in [-0.1, -0.05) is 39.0 Å². The highest BCUT2D eigenvalue weighted by Crippen LogP contribution is 2.32. The largest absolute Gasteiger partial charge is 0.490 e. The Morgan fingerprint density at radius 2 is 1.74 bits per heavy atom. The van der Waals surface area contributed by atoms with Crippen LogP contribution in [0.15, 0.2) is 24.3 Å². The molecule has 5 heteroatoms. The van der Waals surface area contributed by atoms with E-state index in [1.165, 1.54) is 17.6 Å². The lowest BCUT2D eigenvalue weighted by Crippen LogP contribution is -2.45. The number of carbonyl (C=O) groups is 2. The zero-order valence-corrected chi connectivity index (χ0v) is 14.3. The summed E-state index contributed by atoms with van der Waals surface area (Å²) in [7, 11) is 1.22. The maximum Gasteiger partial charge on any atom is 0.396 e. The number of carbonyl (C=O) groups excluding carboxylic acids is 2. The maximum absolute atomic E-state index is 11.8. The smallest absolute Gasteiger partial charge is 0.396 e. The molecule has 1 aliphatic heterocycles. The van der Waals surface area contributed by atoms with Gasteiger partial charge in [-0.25, -0.2) is 4.79 Å². The van der Waals surface area contributed by atoms with Crippen molar-refractivity contribution >= 4 is 11.9 Å². The van der Waals surface area contributed by atoms with E-state index in [2.05, 4.69) is 31.6 Å². The number of benzene rings is 1. The number of rotatable bonds is 2. The second-order valence-corrected chi connectivity index (χ2v) is 6.85. The molecule has 0 atom stereocenters.